The predicted octanol–water partition coefficient (Wildman–Crippen LogP) is 4.77. The van der Waals surface area contributed by atoms with Gasteiger partial charge in [0.15, 0.2) is 0 Å². The van der Waals surface area contributed by atoms with Crippen LogP contribution in [0, 0.1) is 13.8 Å². The van der Waals surface area contributed by atoms with Gasteiger partial charge in [0.1, 0.15) is 22.4 Å². The Kier molecular flexibility index (Phi) is 7.12. The molecule has 0 radical (unpaired) electrons. The fourth-order valence-corrected chi connectivity index (χ4v) is 4.48. The van der Waals surface area contributed by atoms with E-state index in [1.807, 2.05) is 80.6 Å². The van der Waals surface area contributed by atoms with Gasteiger partial charge in [-0.05, 0) is 65.2 Å². The van der Waals surface area contributed by atoms with E-state index in [2.05, 4.69) is 20.8 Å². The second-order valence-corrected chi connectivity index (χ2v) is 8.72. The van der Waals surface area contributed by atoms with E-state index in [9.17, 15) is 4.79 Å². The van der Waals surface area contributed by atoms with Crippen molar-refractivity contribution >= 4 is 23.4 Å². The molecule has 0 saturated heterocycles. The number of aryl methyl sites for hydroxylation is 2. The number of methoxy groups -OCH3 is 2. The number of amides is 1. The molecule has 1 amide bonds. The first-order valence-corrected chi connectivity index (χ1v) is 11.5. The van der Waals surface area contributed by atoms with Crippen molar-refractivity contribution in [2.75, 3.05) is 19.5 Å². The van der Waals surface area contributed by atoms with Crippen molar-refractivity contribution in [3.8, 4) is 17.2 Å². The molecule has 0 aliphatic heterocycles. The third kappa shape index (κ3) is 5.04. The number of hydrogen-bond acceptors (Lipinski definition) is 7. The number of nitrogens with zero attached hydrogens (tertiary/aromatic N) is 4. The molecule has 9 heteroatoms. The Morgan fingerprint density at radius 1 is 0.941 bits per heavy atom. The summed E-state index contributed by atoms with van der Waals surface area (Å²) in [7, 11) is 3.17. The van der Waals surface area contributed by atoms with Crippen molar-refractivity contribution in [2.24, 2.45) is 0 Å². The van der Waals surface area contributed by atoms with Gasteiger partial charge >= 0.3 is 0 Å². The molecule has 0 bridgehead atoms. The van der Waals surface area contributed by atoms with E-state index in [1.165, 1.54) is 11.8 Å². The molecule has 0 spiro atoms. The molecular formula is C25H25N5O3S. The highest BCUT2D eigenvalue weighted by Gasteiger charge is 2.27. The number of hydrogen-bond donors (Lipinski definition) is 1. The van der Waals surface area contributed by atoms with Gasteiger partial charge in [0.2, 0.25) is 11.1 Å². The topological polar surface area (TPSA) is 91.2 Å². The van der Waals surface area contributed by atoms with Crippen LogP contribution in [0.15, 0.2) is 71.9 Å². The minimum atomic E-state index is -0.619. The zero-order valence-electron chi connectivity index (χ0n) is 19.4. The van der Waals surface area contributed by atoms with Crippen LogP contribution in [0.25, 0.3) is 5.69 Å². The molecule has 1 N–H and O–H groups in total. The summed E-state index contributed by atoms with van der Waals surface area (Å²) in [6.07, 6.45) is 0. The highest BCUT2D eigenvalue weighted by atomic mass is 32.2. The summed E-state index contributed by atoms with van der Waals surface area (Å²) in [5, 5.41) is 15.1. The van der Waals surface area contributed by atoms with Gasteiger partial charge in [0.05, 0.1) is 19.9 Å². The molecule has 174 valence electrons. The van der Waals surface area contributed by atoms with Crippen molar-refractivity contribution in [1.82, 2.24) is 20.2 Å². The van der Waals surface area contributed by atoms with E-state index in [4.69, 9.17) is 9.47 Å². The number of anilines is 1. The number of ether oxygens (including phenoxy) is 2. The SMILES string of the molecule is COc1ccc(C)cc1NC(=O)[C@H](Sc1nnnn1-c1cc(C)ccc1OC)c1ccccc1. The largest absolute Gasteiger partial charge is 0.495 e. The standard InChI is InChI=1S/C25H25N5O3S/c1-16-10-12-21(32-3)19(14-16)26-24(31)23(18-8-6-5-7-9-18)34-25-27-28-29-30(25)20-15-17(2)11-13-22(20)33-4/h5-15,23H,1-4H3,(H,26,31)/t23-/m1/s1. The predicted molar refractivity (Wildman–Crippen MR) is 132 cm³/mol. The Bertz CT molecular complexity index is 1290. The summed E-state index contributed by atoms with van der Waals surface area (Å²) in [6.45, 7) is 3.94. The molecule has 0 aliphatic rings. The normalized spacial score (nSPS) is 11.6. The van der Waals surface area contributed by atoms with Crippen molar-refractivity contribution < 1.29 is 14.3 Å². The van der Waals surface area contributed by atoms with Crippen molar-refractivity contribution in [3.05, 3.63) is 83.4 Å². The Hall–Kier alpha value is -3.85. The summed E-state index contributed by atoms with van der Waals surface area (Å²) >= 11 is 1.26. The number of thioether (sulfide) groups is 1. The molecule has 0 aliphatic carbocycles. The average Bonchev–Trinajstić information content (AvgIpc) is 3.31. The van der Waals surface area contributed by atoms with Crippen LogP contribution < -0.4 is 14.8 Å². The van der Waals surface area contributed by atoms with Crippen molar-refractivity contribution in [3.63, 3.8) is 0 Å². The van der Waals surface area contributed by atoms with E-state index in [0.29, 0.717) is 28.0 Å². The lowest BCUT2D eigenvalue weighted by atomic mass is 10.1. The minimum Gasteiger partial charge on any atom is -0.495 e. The maximum atomic E-state index is 13.6. The quantitative estimate of drug-likeness (QED) is 0.367. The third-order valence-electron chi connectivity index (χ3n) is 5.18. The second-order valence-electron chi connectivity index (χ2n) is 7.65. The molecule has 1 heterocycles. The lowest BCUT2D eigenvalue weighted by Crippen LogP contribution is -2.20. The molecule has 3 aromatic carbocycles. The zero-order valence-corrected chi connectivity index (χ0v) is 20.2. The fourth-order valence-electron chi connectivity index (χ4n) is 3.49. The molecule has 0 saturated carbocycles. The molecular weight excluding hydrogens is 450 g/mol. The number of tetrazole rings is 1. The lowest BCUT2D eigenvalue weighted by Gasteiger charge is -2.18. The molecule has 4 rings (SSSR count). The smallest absolute Gasteiger partial charge is 0.242 e. The Morgan fingerprint density at radius 3 is 2.32 bits per heavy atom. The maximum Gasteiger partial charge on any atom is 0.242 e. The highest BCUT2D eigenvalue weighted by molar-refractivity contribution is 8.00. The fraction of sp³-hybridized carbons (Fsp3) is 0.200. The Balaban J connectivity index is 1.70. The van der Waals surface area contributed by atoms with Crippen molar-refractivity contribution in [1.29, 1.82) is 0 Å². The van der Waals surface area contributed by atoms with Crippen LogP contribution in [0.1, 0.15) is 21.9 Å². The average molecular weight is 476 g/mol. The summed E-state index contributed by atoms with van der Waals surface area (Å²) in [5.41, 5.74) is 4.17. The maximum absolute atomic E-state index is 13.6. The van der Waals surface area contributed by atoms with E-state index in [1.54, 1.807) is 18.9 Å². The van der Waals surface area contributed by atoms with Crippen LogP contribution in [0.4, 0.5) is 5.69 Å². The summed E-state index contributed by atoms with van der Waals surface area (Å²) in [5.74, 6) is 1.00. The van der Waals surface area contributed by atoms with Gasteiger partial charge in [-0.1, -0.05) is 54.2 Å². The van der Waals surface area contributed by atoms with Gasteiger partial charge in [-0.15, -0.1) is 5.10 Å². The molecule has 4 aromatic rings. The number of carbonyl (C=O) groups excluding carboxylic acids is 1. The first kappa shape index (κ1) is 23.3. The van der Waals surface area contributed by atoms with E-state index < -0.39 is 5.25 Å². The lowest BCUT2D eigenvalue weighted by molar-refractivity contribution is -0.115. The van der Waals surface area contributed by atoms with E-state index >= 15 is 0 Å². The molecule has 34 heavy (non-hydrogen) atoms. The van der Waals surface area contributed by atoms with Gasteiger partial charge in [-0.25, -0.2) is 0 Å². The van der Waals surface area contributed by atoms with Crippen molar-refractivity contribution in [2.45, 2.75) is 24.3 Å². The first-order valence-electron chi connectivity index (χ1n) is 10.6. The van der Waals surface area contributed by atoms with Crippen LogP contribution in [-0.4, -0.2) is 40.3 Å². The summed E-state index contributed by atoms with van der Waals surface area (Å²) in [4.78, 5) is 13.6. The van der Waals surface area contributed by atoms with Crippen LogP contribution in [0.2, 0.25) is 0 Å². The molecule has 1 atom stereocenters. The number of rotatable bonds is 8. The summed E-state index contributed by atoms with van der Waals surface area (Å²) in [6, 6.07) is 20.9. The van der Waals surface area contributed by atoms with Crippen LogP contribution in [0.3, 0.4) is 0 Å². The Labute approximate surface area is 202 Å². The number of carbonyl (C=O) groups is 1. The first-order chi connectivity index (χ1) is 16.5. The van der Waals surface area contributed by atoms with Crippen LogP contribution >= 0.6 is 11.8 Å². The zero-order chi connectivity index (χ0) is 24.1. The van der Waals surface area contributed by atoms with Gasteiger partial charge < -0.3 is 14.8 Å². The number of aromatic nitrogens is 4. The molecule has 0 unspecified atom stereocenters. The van der Waals surface area contributed by atoms with E-state index in [-0.39, 0.29) is 5.91 Å². The van der Waals surface area contributed by atoms with Crippen LogP contribution in [-0.2, 0) is 4.79 Å². The second kappa shape index (κ2) is 10.4. The third-order valence-corrected chi connectivity index (χ3v) is 6.37. The van der Waals surface area contributed by atoms with Gasteiger partial charge in [-0.2, -0.15) is 4.68 Å². The molecule has 1 aromatic heterocycles. The summed E-state index contributed by atoms with van der Waals surface area (Å²) < 4.78 is 12.5. The van der Waals surface area contributed by atoms with E-state index in [0.717, 1.165) is 16.7 Å². The highest BCUT2D eigenvalue weighted by Crippen LogP contribution is 2.38. The van der Waals surface area contributed by atoms with Crippen LogP contribution in [0.5, 0.6) is 11.5 Å². The number of benzene rings is 3. The van der Waals surface area contributed by atoms with Gasteiger partial charge in [0.25, 0.3) is 0 Å². The number of nitrogens with one attached hydrogen (secondary N) is 1. The monoisotopic (exact) mass is 475 g/mol. The molecule has 0 fully saturated rings. The Morgan fingerprint density at radius 2 is 1.62 bits per heavy atom. The minimum absolute atomic E-state index is 0.217. The van der Waals surface area contributed by atoms with Gasteiger partial charge in [0, 0.05) is 0 Å². The molecule has 8 nitrogen and oxygen atoms in total. The van der Waals surface area contributed by atoms with Gasteiger partial charge in [-0.3, -0.25) is 4.79 Å².